The van der Waals surface area contributed by atoms with E-state index in [-0.39, 0.29) is 11.2 Å². The molecular formula is C13H16N4O2. The Bertz CT molecular complexity index is 599. The third kappa shape index (κ3) is 2.90. The van der Waals surface area contributed by atoms with Crippen LogP contribution in [-0.4, -0.2) is 14.7 Å². The van der Waals surface area contributed by atoms with E-state index in [2.05, 4.69) is 10.4 Å². The molecule has 0 saturated heterocycles. The maximum absolute atomic E-state index is 10.9. The van der Waals surface area contributed by atoms with Gasteiger partial charge in [-0.15, -0.1) is 0 Å². The summed E-state index contributed by atoms with van der Waals surface area (Å²) in [5, 5.41) is 18.2. The number of nitrogens with one attached hydrogen (secondary N) is 1. The molecule has 6 nitrogen and oxygen atoms in total. The van der Waals surface area contributed by atoms with Crippen molar-refractivity contribution < 1.29 is 4.92 Å². The molecule has 19 heavy (non-hydrogen) atoms. The zero-order valence-electron chi connectivity index (χ0n) is 11.1. The number of aromatic nitrogens is 2. The summed E-state index contributed by atoms with van der Waals surface area (Å²) in [5.74, 6) is 0. The van der Waals surface area contributed by atoms with Crippen LogP contribution in [-0.2, 0) is 5.54 Å². The fourth-order valence-electron chi connectivity index (χ4n) is 1.65. The van der Waals surface area contributed by atoms with Crippen LogP contribution in [0.3, 0.4) is 0 Å². The Balaban J connectivity index is 2.27. The molecule has 100 valence electrons. The number of para-hydroxylation sites is 2. The molecule has 0 amide bonds. The van der Waals surface area contributed by atoms with Crippen molar-refractivity contribution in [3.63, 3.8) is 0 Å². The third-order valence-corrected chi connectivity index (χ3v) is 2.65. The van der Waals surface area contributed by atoms with E-state index in [9.17, 15) is 10.1 Å². The Kier molecular flexibility index (Phi) is 3.25. The van der Waals surface area contributed by atoms with Crippen LogP contribution in [0, 0.1) is 10.1 Å². The molecule has 0 atom stereocenters. The summed E-state index contributed by atoms with van der Waals surface area (Å²) in [6, 6.07) is 6.54. The third-order valence-electron chi connectivity index (χ3n) is 2.65. The number of hydrogen-bond acceptors (Lipinski definition) is 4. The average Bonchev–Trinajstić information content (AvgIpc) is 2.77. The van der Waals surface area contributed by atoms with Gasteiger partial charge in [0.25, 0.3) is 5.69 Å². The highest BCUT2D eigenvalue weighted by Crippen LogP contribution is 2.27. The molecule has 0 saturated carbocycles. The van der Waals surface area contributed by atoms with E-state index in [4.69, 9.17) is 0 Å². The molecule has 1 heterocycles. The molecule has 6 heteroatoms. The summed E-state index contributed by atoms with van der Waals surface area (Å²) in [6.07, 6.45) is 3.48. The van der Waals surface area contributed by atoms with Crippen molar-refractivity contribution in [2.24, 2.45) is 0 Å². The van der Waals surface area contributed by atoms with Gasteiger partial charge in [0.1, 0.15) is 5.69 Å². The van der Waals surface area contributed by atoms with Gasteiger partial charge in [-0.2, -0.15) is 5.10 Å². The van der Waals surface area contributed by atoms with Crippen LogP contribution >= 0.6 is 0 Å². The van der Waals surface area contributed by atoms with Crippen molar-refractivity contribution in [3.05, 3.63) is 46.8 Å². The second kappa shape index (κ2) is 4.72. The van der Waals surface area contributed by atoms with E-state index >= 15 is 0 Å². The highest BCUT2D eigenvalue weighted by Gasteiger charge is 2.16. The second-order valence-electron chi connectivity index (χ2n) is 5.24. The number of nitrogens with zero attached hydrogens (tertiary/aromatic N) is 3. The highest BCUT2D eigenvalue weighted by molar-refractivity contribution is 5.68. The van der Waals surface area contributed by atoms with Crippen molar-refractivity contribution >= 4 is 17.1 Å². The zero-order chi connectivity index (χ0) is 14.0. The normalized spacial score (nSPS) is 11.3. The van der Waals surface area contributed by atoms with E-state index in [0.29, 0.717) is 5.69 Å². The lowest BCUT2D eigenvalue weighted by molar-refractivity contribution is -0.383. The molecule has 1 aromatic heterocycles. The predicted octanol–water partition coefficient (Wildman–Crippen LogP) is 3.29. The smallest absolute Gasteiger partial charge is 0.292 e. The SMILES string of the molecule is CC(C)(C)n1cc(Nc2ccccc2[N+](=O)[O-])cn1. The maximum atomic E-state index is 10.9. The standard InChI is InChI=1S/C13H16N4O2/c1-13(2,3)16-9-10(8-14-16)15-11-6-4-5-7-12(11)17(18)19/h4-9,15H,1-3H3. The molecule has 0 radical (unpaired) electrons. The van der Waals surface area contributed by atoms with Gasteiger partial charge in [-0.1, -0.05) is 12.1 Å². The first-order valence-corrected chi connectivity index (χ1v) is 5.93. The minimum absolute atomic E-state index is 0.0472. The van der Waals surface area contributed by atoms with Crippen LogP contribution < -0.4 is 5.32 Å². The van der Waals surface area contributed by atoms with Gasteiger partial charge in [-0.05, 0) is 26.8 Å². The Morgan fingerprint density at radius 1 is 1.32 bits per heavy atom. The summed E-state index contributed by atoms with van der Waals surface area (Å²) in [4.78, 5) is 10.5. The summed E-state index contributed by atoms with van der Waals surface area (Å²) >= 11 is 0. The number of rotatable bonds is 3. The number of nitro groups is 1. The summed E-state index contributed by atoms with van der Waals surface area (Å²) in [5.41, 5.74) is 1.11. The fraction of sp³-hybridized carbons (Fsp3) is 0.308. The molecule has 2 aromatic rings. The summed E-state index contributed by atoms with van der Waals surface area (Å²) in [6.45, 7) is 6.11. The Labute approximate surface area is 111 Å². The first-order chi connectivity index (χ1) is 8.88. The van der Waals surface area contributed by atoms with E-state index in [1.54, 1.807) is 24.4 Å². The van der Waals surface area contributed by atoms with E-state index < -0.39 is 4.92 Å². The second-order valence-corrected chi connectivity index (χ2v) is 5.24. The number of benzene rings is 1. The van der Waals surface area contributed by atoms with Gasteiger partial charge in [-0.25, -0.2) is 0 Å². The Morgan fingerprint density at radius 2 is 2.00 bits per heavy atom. The van der Waals surface area contributed by atoms with Crippen LogP contribution in [0.4, 0.5) is 17.1 Å². The molecule has 0 fully saturated rings. The number of hydrogen-bond donors (Lipinski definition) is 1. The highest BCUT2D eigenvalue weighted by atomic mass is 16.6. The van der Waals surface area contributed by atoms with Gasteiger partial charge in [0.15, 0.2) is 0 Å². The molecule has 0 aliphatic rings. The lowest BCUT2D eigenvalue weighted by atomic mass is 10.1. The first-order valence-electron chi connectivity index (χ1n) is 5.93. The van der Waals surface area contributed by atoms with E-state index in [1.165, 1.54) is 6.07 Å². The van der Waals surface area contributed by atoms with Crippen LogP contribution in [0.2, 0.25) is 0 Å². The average molecular weight is 260 g/mol. The van der Waals surface area contributed by atoms with E-state index in [1.807, 2.05) is 31.6 Å². The van der Waals surface area contributed by atoms with Crippen molar-refractivity contribution in [1.82, 2.24) is 9.78 Å². The fourth-order valence-corrected chi connectivity index (χ4v) is 1.65. The van der Waals surface area contributed by atoms with Gasteiger partial charge in [0.05, 0.1) is 22.3 Å². The van der Waals surface area contributed by atoms with Crippen LogP contribution in [0.25, 0.3) is 0 Å². The summed E-state index contributed by atoms with van der Waals surface area (Å²) in [7, 11) is 0. The van der Waals surface area contributed by atoms with Crippen molar-refractivity contribution in [2.45, 2.75) is 26.3 Å². The molecule has 0 bridgehead atoms. The van der Waals surface area contributed by atoms with E-state index in [0.717, 1.165) is 5.69 Å². The molecule has 0 unspecified atom stereocenters. The molecule has 2 rings (SSSR count). The van der Waals surface area contributed by atoms with Gasteiger partial charge in [0, 0.05) is 12.3 Å². The molecule has 0 aliphatic carbocycles. The number of nitro benzene ring substituents is 1. The minimum atomic E-state index is -0.406. The zero-order valence-corrected chi connectivity index (χ0v) is 11.1. The van der Waals surface area contributed by atoms with Crippen molar-refractivity contribution in [3.8, 4) is 0 Å². The molecular weight excluding hydrogens is 244 g/mol. The van der Waals surface area contributed by atoms with Crippen molar-refractivity contribution in [2.75, 3.05) is 5.32 Å². The lowest BCUT2D eigenvalue weighted by Crippen LogP contribution is -2.21. The Hall–Kier alpha value is -2.37. The van der Waals surface area contributed by atoms with Crippen molar-refractivity contribution in [1.29, 1.82) is 0 Å². The quantitative estimate of drug-likeness (QED) is 0.678. The van der Waals surface area contributed by atoms with Crippen LogP contribution in [0.15, 0.2) is 36.7 Å². The molecule has 0 aliphatic heterocycles. The topological polar surface area (TPSA) is 73.0 Å². The predicted molar refractivity (Wildman–Crippen MR) is 73.6 cm³/mol. The first kappa shape index (κ1) is 13.1. The van der Waals surface area contributed by atoms with Gasteiger partial charge in [0.2, 0.25) is 0 Å². The minimum Gasteiger partial charge on any atom is -0.347 e. The van der Waals surface area contributed by atoms with Gasteiger partial charge >= 0.3 is 0 Å². The van der Waals surface area contributed by atoms with Crippen LogP contribution in [0.1, 0.15) is 20.8 Å². The maximum Gasteiger partial charge on any atom is 0.292 e. The molecule has 1 N–H and O–H groups in total. The monoisotopic (exact) mass is 260 g/mol. The van der Waals surface area contributed by atoms with Crippen LogP contribution in [0.5, 0.6) is 0 Å². The lowest BCUT2D eigenvalue weighted by Gasteiger charge is -2.18. The van der Waals surface area contributed by atoms with Gasteiger partial charge in [-0.3, -0.25) is 14.8 Å². The largest absolute Gasteiger partial charge is 0.347 e. The Morgan fingerprint density at radius 3 is 2.58 bits per heavy atom. The summed E-state index contributed by atoms with van der Waals surface area (Å²) < 4.78 is 1.81. The molecule has 0 spiro atoms. The molecule has 1 aromatic carbocycles. The van der Waals surface area contributed by atoms with Gasteiger partial charge < -0.3 is 5.32 Å². The number of anilines is 2.